The van der Waals surface area contributed by atoms with Crippen LogP contribution >= 0.6 is 0 Å². The van der Waals surface area contributed by atoms with Gasteiger partial charge in [0.25, 0.3) is 5.69 Å². The molecule has 1 aromatic rings. The number of carbonyl (C=O) groups is 2. The van der Waals surface area contributed by atoms with Gasteiger partial charge in [-0.05, 0) is 6.92 Å². The van der Waals surface area contributed by atoms with Gasteiger partial charge in [-0.25, -0.2) is 4.79 Å². The number of nitro benzene ring substituents is 1. The molecule has 1 rings (SSSR count). The fourth-order valence-electron chi connectivity index (χ4n) is 1.33. The third-order valence-corrected chi connectivity index (χ3v) is 2.15. The van der Waals surface area contributed by atoms with Gasteiger partial charge >= 0.3 is 12.1 Å². The van der Waals surface area contributed by atoms with E-state index in [-0.39, 0.29) is 11.3 Å². The van der Waals surface area contributed by atoms with Crippen molar-refractivity contribution in [2.45, 2.75) is 12.8 Å². The molecule has 1 unspecified atom stereocenters. The van der Waals surface area contributed by atoms with E-state index in [2.05, 4.69) is 4.74 Å². The molecule has 0 aromatic heterocycles. The second-order valence-corrected chi connectivity index (χ2v) is 3.28. The second kappa shape index (κ2) is 5.06. The molecule has 0 saturated heterocycles. The predicted octanol–water partition coefficient (Wildman–Crippen LogP) is 1.32. The Balaban J connectivity index is 3.03. The quantitative estimate of drug-likeness (QED) is 0.369. The molecule has 1 aromatic carbocycles. The Bertz CT molecular complexity index is 472. The summed E-state index contributed by atoms with van der Waals surface area (Å²) >= 11 is 0. The number of primary amides is 1. The van der Waals surface area contributed by atoms with Crippen LogP contribution in [0.25, 0.3) is 0 Å². The summed E-state index contributed by atoms with van der Waals surface area (Å²) in [6.07, 6.45) is -1.24. The highest BCUT2D eigenvalue weighted by Gasteiger charge is 2.25. The minimum Gasteiger partial charge on any atom is -0.376 e. The largest absolute Gasteiger partial charge is 0.412 e. The third kappa shape index (κ3) is 3.00. The minimum atomic E-state index is -1.24. The number of esters is 1. The van der Waals surface area contributed by atoms with E-state index >= 15 is 0 Å². The van der Waals surface area contributed by atoms with Crippen molar-refractivity contribution in [1.29, 1.82) is 0 Å². The molecular weight excluding hydrogens is 228 g/mol. The predicted molar refractivity (Wildman–Crippen MR) is 57.2 cm³/mol. The zero-order chi connectivity index (χ0) is 13.0. The molecule has 0 radical (unpaired) electrons. The highest BCUT2D eigenvalue weighted by atomic mass is 16.6. The van der Waals surface area contributed by atoms with Crippen molar-refractivity contribution in [3.05, 3.63) is 39.9 Å². The van der Waals surface area contributed by atoms with Crippen molar-refractivity contribution in [3.8, 4) is 0 Å². The number of rotatable bonds is 3. The fraction of sp³-hybridized carbons (Fsp3) is 0.200. The van der Waals surface area contributed by atoms with Crippen LogP contribution < -0.4 is 5.73 Å². The van der Waals surface area contributed by atoms with Gasteiger partial charge in [0.2, 0.25) is 0 Å². The summed E-state index contributed by atoms with van der Waals surface area (Å²) in [5.74, 6) is -1.86. The smallest absolute Gasteiger partial charge is 0.376 e. The monoisotopic (exact) mass is 238 g/mol. The van der Waals surface area contributed by atoms with Crippen LogP contribution in [0, 0.1) is 10.1 Å². The topological polar surface area (TPSA) is 113 Å². The maximum absolute atomic E-state index is 11.4. The maximum atomic E-state index is 11.4. The number of hydrogen-bond donors (Lipinski definition) is 1. The standard InChI is InChI=1S/C10H10N2O5/c1-6(9(13)17-10(11)14)7-4-2-3-5-8(7)12(15)16/h2-6H,1H3,(H2,11,14). The second-order valence-electron chi connectivity index (χ2n) is 3.28. The zero-order valence-electron chi connectivity index (χ0n) is 8.95. The van der Waals surface area contributed by atoms with E-state index in [0.29, 0.717) is 0 Å². The van der Waals surface area contributed by atoms with E-state index in [1.54, 1.807) is 6.07 Å². The van der Waals surface area contributed by atoms with Gasteiger partial charge in [0, 0.05) is 11.6 Å². The number of carbonyl (C=O) groups excluding carboxylic acids is 2. The Labute approximate surface area is 96.3 Å². The summed E-state index contributed by atoms with van der Waals surface area (Å²) in [7, 11) is 0. The van der Waals surface area contributed by atoms with Crippen LogP contribution in [0.1, 0.15) is 18.4 Å². The average Bonchev–Trinajstić information content (AvgIpc) is 2.27. The molecule has 0 spiro atoms. The maximum Gasteiger partial charge on any atom is 0.412 e. The molecule has 7 heteroatoms. The Kier molecular flexibility index (Phi) is 3.76. The van der Waals surface area contributed by atoms with Crippen molar-refractivity contribution in [2.24, 2.45) is 5.73 Å². The normalized spacial score (nSPS) is 11.6. The first-order chi connectivity index (χ1) is 7.93. The molecule has 0 fully saturated rings. The van der Waals surface area contributed by atoms with Gasteiger partial charge in [-0.1, -0.05) is 18.2 Å². The Hall–Kier alpha value is -2.44. The fourth-order valence-corrected chi connectivity index (χ4v) is 1.33. The van der Waals surface area contributed by atoms with Gasteiger partial charge < -0.3 is 10.5 Å². The lowest BCUT2D eigenvalue weighted by atomic mass is 9.99. The van der Waals surface area contributed by atoms with E-state index in [0.717, 1.165) is 0 Å². The molecular formula is C10H10N2O5. The molecule has 2 N–H and O–H groups in total. The van der Waals surface area contributed by atoms with Gasteiger partial charge in [-0.3, -0.25) is 14.9 Å². The van der Waals surface area contributed by atoms with E-state index in [1.165, 1.54) is 25.1 Å². The number of amides is 1. The number of benzene rings is 1. The summed E-state index contributed by atoms with van der Waals surface area (Å²) in [5.41, 5.74) is 4.65. The van der Waals surface area contributed by atoms with Crippen molar-refractivity contribution in [2.75, 3.05) is 0 Å². The van der Waals surface area contributed by atoms with Crippen molar-refractivity contribution < 1.29 is 19.2 Å². The number of nitrogens with zero attached hydrogens (tertiary/aromatic N) is 1. The highest BCUT2D eigenvalue weighted by Crippen LogP contribution is 2.26. The zero-order valence-corrected chi connectivity index (χ0v) is 8.95. The highest BCUT2D eigenvalue weighted by molar-refractivity contribution is 5.88. The van der Waals surface area contributed by atoms with Crippen LogP contribution in [-0.2, 0) is 9.53 Å². The third-order valence-electron chi connectivity index (χ3n) is 2.15. The lowest BCUT2D eigenvalue weighted by Crippen LogP contribution is -2.22. The number of ether oxygens (including phenoxy) is 1. The summed E-state index contributed by atoms with van der Waals surface area (Å²) in [4.78, 5) is 31.9. The van der Waals surface area contributed by atoms with Crippen LogP contribution in [0.5, 0.6) is 0 Å². The summed E-state index contributed by atoms with van der Waals surface area (Å²) in [5, 5.41) is 10.7. The van der Waals surface area contributed by atoms with Crippen LogP contribution in [0.3, 0.4) is 0 Å². The Morgan fingerprint density at radius 1 is 1.41 bits per heavy atom. The van der Waals surface area contributed by atoms with Crippen molar-refractivity contribution >= 4 is 17.7 Å². The first-order valence-electron chi connectivity index (χ1n) is 4.68. The van der Waals surface area contributed by atoms with E-state index in [4.69, 9.17) is 5.73 Å². The molecule has 0 saturated carbocycles. The number of nitro groups is 1. The first kappa shape index (κ1) is 12.6. The lowest BCUT2D eigenvalue weighted by Gasteiger charge is -2.09. The van der Waals surface area contributed by atoms with E-state index < -0.39 is 22.9 Å². The molecule has 0 aliphatic heterocycles. The van der Waals surface area contributed by atoms with Crippen molar-refractivity contribution in [3.63, 3.8) is 0 Å². The van der Waals surface area contributed by atoms with Crippen LogP contribution in [0.15, 0.2) is 24.3 Å². The van der Waals surface area contributed by atoms with Crippen LogP contribution in [-0.4, -0.2) is 17.0 Å². The molecule has 0 aliphatic rings. The molecule has 1 atom stereocenters. The summed E-state index contributed by atoms with van der Waals surface area (Å²) in [6.45, 7) is 1.40. The molecule has 0 aliphatic carbocycles. The lowest BCUT2D eigenvalue weighted by molar-refractivity contribution is -0.385. The molecule has 90 valence electrons. The summed E-state index contributed by atoms with van der Waals surface area (Å²) in [6, 6.07) is 5.72. The number of para-hydroxylation sites is 1. The van der Waals surface area contributed by atoms with Crippen molar-refractivity contribution in [1.82, 2.24) is 0 Å². The van der Waals surface area contributed by atoms with Gasteiger partial charge in [0.05, 0.1) is 10.8 Å². The molecule has 7 nitrogen and oxygen atoms in total. The minimum absolute atomic E-state index is 0.170. The van der Waals surface area contributed by atoms with Crippen LogP contribution in [0.4, 0.5) is 10.5 Å². The average molecular weight is 238 g/mol. The van der Waals surface area contributed by atoms with Gasteiger partial charge in [0.15, 0.2) is 0 Å². The molecule has 0 heterocycles. The Morgan fingerprint density at radius 2 is 2.00 bits per heavy atom. The molecule has 1 amide bonds. The molecule has 0 bridgehead atoms. The Morgan fingerprint density at radius 3 is 2.53 bits per heavy atom. The van der Waals surface area contributed by atoms with Gasteiger partial charge in [0.1, 0.15) is 0 Å². The van der Waals surface area contributed by atoms with Gasteiger partial charge in [-0.2, -0.15) is 0 Å². The first-order valence-corrected chi connectivity index (χ1v) is 4.68. The van der Waals surface area contributed by atoms with E-state index in [9.17, 15) is 19.7 Å². The number of hydrogen-bond acceptors (Lipinski definition) is 5. The van der Waals surface area contributed by atoms with Gasteiger partial charge in [-0.15, -0.1) is 0 Å². The van der Waals surface area contributed by atoms with Crippen LogP contribution in [0.2, 0.25) is 0 Å². The van der Waals surface area contributed by atoms with E-state index in [1.807, 2.05) is 0 Å². The molecule has 17 heavy (non-hydrogen) atoms. The number of nitrogens with two attached hydrogens (primary N) is 1. The SMILES string of the molecule is CC(C(=O)OC(N)=O)c1ccccc1[N+](=O)[O-]. The summed E-state index contributed by atoms with van der Waals surface area (Å²) < 4.78 is 4.18.